The maximum absolute atomic E-state index is 12.8. The van der Waals surface area contributed by atoms with Crippen molar-refractivity contribution < 1.29 is 34.1 Å². The number of carboxylic acid groups (broad SMARTS) is 1. The predicted octanol–water partition coefficient (Wildman–Crippen LogP) is 3.19. The van der Waals surface area contributed by atoms with Crippen molar-refractivity contribution in [1.82, 2.24) is 0 Å². The van der Waals surface area contributed by atoms with E-state index in [1.165, 1.54) is 44.6 Å². The van der Waals surface area contributed by atoms with E-state index in [0.717, 1.165) is 0 Å². The van der Waals surface area contributed by atoms with E-state index in [1.807, 2.05) is 0 Å². The second kappa shape index (κ2) is 9.60. The molecule has 0 atom stereocenters. The van der Waals surface area contributed by atoms with E-state index in [0.29, 0.717) is 11.3 Å². The van der Waals surface area contributed by atoms with Gasteiger partial charge in [0.15, 0.2) is 11.5 Å². The Balaban J connectivity index is 1.86. The number of aromatic hydroxyl groups is 1. The quantitative estimate of drug-likeness (QED) is 0.342. The molecule has 0 radical (unpaired) electrons. The first kappa shape index (κ1) is 22.9. The van der Waals surface area contributed by atoms with Crippen molar-refractivity contribution >= 4 is 34.8 Å². The van der Waals surface area contributed by atoms with Crippen LogP contribution >= 0.6 is 0 Å². The molecule has 33 heavy (non-hydrogen) atoms. The SMILES string of the molecule is COc1cc(C(=O)O)ccc1NC(=O)c1ccc(NC(=O)c2ccc(N)cc2)c(OC)c1O. The number of nitrogen functional groups attached to an aromatic ring is 1. The number of aromatic carboxylic acids is 1. The van der Waals surface area contributed by atoms with Crippen LogP contribution in [0.25, 0.3) is 0 Å². The first-order valence-corrected chi connectivity index (χ1v) is 9.54. The fraction of sp³-hybridized carbons (Fsp3) is 0.0870. The number of ether oxygens (including phenoxy) is 2. The van der Waals surface area contributed by atoms with Gasteiger partial charge in [0.1, 0.15) is 5.75 Å². The van der Waals surface area contributed by atoms with Crippen LogP contribution in [-0.4, -0.2) is 42.2 Å². The summed E-state index contributed by atoms with van der Waals surface area (Å²) < 4.78 is 10.3. The van der Waals surface area contributed by atoms with Gasteiger partial charge in [0.05, 0.1) is 36.7 Å². The molecule has 0 bridgehead atoms. The fourth-order valence-corrected chi connectivity index (χ4v) is 3.01. The molecule has 0 heterocycles. The highest BCUT2D eigenvalue weighted by Gasteiger charge is 2.21. The average molecular weight is 451 g/mol. The van der Waals surface area contributed by atoms with Gasteiger partial charge in [-0.05, 0) is 54.6 Å². The third kappa shape index (κ3) is 4.96. The molecule has 3 aromatic carbocycles. The number of nitrogens with one attached hydrogen (secondary N) is 2. The van der Waals surface area contributed by atoms with Gasteiger partial charge in [-0.3, -0.25) is 9.59 Å². The minimum Gasteiger partial charge on any atom is -0.504 e. The molecule has 3 rings (SSSR count). The Kier molecular flexibility index (Phi) is 6.68. The Morgan fingerprint density at radius 3 is 2.03 bits per heavy atom. The van der Waals surface area contributed by atoms with Crippen LogP contribution in [0.3, 0.4) is 0 Å². The Morgan fingerprint density at radius 1 is 0.818 bits per heavy atom. The molecular formula is C23H21N3O7. The summed E-state index contributed by atoms with van der Waals surface area (Å²) in [7, 11) is 2.61. The van der Waals surface area contributed by atoms with Gasteiger partial charge in [0.25, 0.3) is 11.8 Å². The van der Waals surface area contributed by atoms with Gasteiger partial charge >= 0.3 is 5.97 Å². The zero-order valence-electron chi connectivity index (χ0n) is 17.7. The highest BCUT2D eigenvalue weighted by Crippen LogP contribution is 2.38. The molecule has 0 aliphatic carbocycles. The van der Waals surface area contributed by atoms with Crippen molar-refractivity contribution in [2.45, 2.75) is 0 Å². The Hall–Kier alpha value is -4.73. The van der Waals surface area contributed by atoms with E-state index in [-0.39, 0.29) is 34.0 Å². The standard InChI is InChI=1S/C23H21N3O7/c1-32-18-11-13(23(30)31)5-9-16(18)25-22(29)15-8-10-17(20(33-2)19(15)27)26-21(28)12-3-6-14(24)7-4-12/h3-11,27H,24H2,1-2H3,(H,25,29)(H,26,28)(H,30,31). The second-order valence-electron chi connectivity index (χ2n) is 6.79. The maximum atomic E-state index is 12.8. The van der Waals surface area contributed by atoms with E-state index >= 15 is 0 Å². The zero-order chi connectivity index (χ0) is 24.1. The number of anilines is 3. The smallest absolute Gasteiger partial charge is 0.335 e. The number of carbonyl (C=O) groups excluding carboxylic acids is 2. The summed E-state index contributed by atoms with van der Waals surface area (Å²) >= 11 is 0. The van der Waals surface area contributed by atoms with Gasteiger partial charge in [-0.2, -0.15) is 0 Å². The number of carboxylic acids is 1. The van der Waals surface area contributed by atoms with Crippen LogP contribution in [0.2, 0.25) is 0 Å². The number of hydrogen-bond donors (Lipinski definition) is 5. The molecule has 0 aromatic heterocycles. The molecule has 0 spiro atoms. The lowest BCUT2D eigenvalue weighted by molar-refractivity contribution is 0.0696. The topological polar surface area (TPSA) is 160 Å². The van der Waals surface area contributed by atoms with Crippen molar-refractivity contribution in [2.75, 3.05) is 30.6 Å². The summed E-state index contributed by atoms with van der Waals surface area (Å²) in [5.74, 6) is -2.80. The summed E-state index contributed by atoms with van der Waals surface area (Å²) in [5, 5.41) is 24.9. The van der Waals surface area contributed by atoms with Crippen LogP contribution in [0, 0.1) is 0 Å². The Labute approximate surface area is 188 Å². The molecule has 3 aromatic rings. The van der Waals surface area contributed by atoms with Gasteiger partial charge in [-0.15, -0.1) is 0 Å². The van der Waals surface area contributed by atoms with Crippen molar-refractivity contribution in [3.8, 4) is 17.2 Å². The molecule has 10 heteroatoms. The van der Waals surface area contributed by atoms with Crippen molar-refractivity contribution in [3.05, 3.63) is 71.3 Å². The maximum Gasteiger partial charge on any atom is 0.335 e. The van der Waals surface area contributed by atoms with Crippen LogP contribution in [-0.2, 0) is 0 Å². The van der Waals surface area contributed by atoms with E-state index in [4.69, 9.17) is 20.3 Å². The number of phenols is 1. The molecule has 0 aliphatic rings. The number of carbonyl (C=O) groups is 3. The van der Waals surface area contributed by atoms with Crippen LogP contribution in [0.1, 0.15) is 31.1 Å². The number of benzene rings is 3. The molecule has 170 valence electrons. The van der Waals surface area contributed by atoms with Crippen LogP contribution in [0.15, 0.2) is 54.6 Å². The van der Waals surface area contributed by atoms with Gasteiger partial charge in [-0.1, -0.05) is 0 Å². The summed E-state index contributed by atoms with van der Waals surface area (Å²) in [6.45, 7) is 0. The number of nitrogens with two attached hydrogens (primary N) is 1. The van der Waals surface area contributed by atoms with Crippen LogP contribution < -0.4 is 25.8 Å². The largest absolute Gasteiger partial charge is 0.504 e. The predicted molar refractivity (Wildman–Crippen MR) is 121 cm³/mol. The highest BCUT2D eigenvalue weighted by molar-refractivity contribution is 6.10. The van der Waals surface area contributed by atoms with Gasteiger partial charge in [0, 0.05) is 11.3 Å². The lowest BCUT2D eigenvalue weighted by atomic mass is 10.1. The van der Waals surface area contributed by atoms with Gasteiger partial charge in [0.2, 0.25) is 0 Å². The minimum atomic E-state index is -1.15. The first-order chi connectivity index (χ1) is 15.7. The zero-order valence-corrected chi connectivity index (χ0v) is 17.7. The summed E-state index contributed by atoms with van der Waals surface area (Å²) in [5.41, 5.74) is 6.67. The molecule has 2 amide bonds. The van der Waals surface area contributed by atoms with E-state index in [2.05, 4.69) is 10.6 Å². The highest BCUT2D eigenvalue weighted by atomic mass is 16.5. The molecule has 6 N–H and O–H groups in total. The molecule has 0 fully saturated rings. The number of hydrogen-bond acceptors (Lipinski definition) is 7. The second-order valence-corrected chi connectivity index (χ2v) is 6.79. The molecular weight excluding hydrogens is 430 g/mol. The fourth-order valence-electron chi connectivity index (χ4n) is 3.01. The number of amides is 2. The first-order valence-electron chi connectivity index (χ1n) is 9.54. The molecule has 0 unspecified atom stereocenters. The third-order valence-corrected chi connectivity index (χ3v) is 4.70. The Morgan fingerprint density at radius 2 is 1.42 bits per heavy atom. The van der Waals surface area contributed by atoms with Gasteiger partial charge in [-0.25, -0.2) is 4.79 Å². The third-order valence-electron chi connectivity index (χ3n) is 4.70. The summed E-state index contributed by atoms with van der Waals surface area (Å²) in [6.07, 6.45) is 0. The molecule has 0 saturated heterocycles. The number of rotatable bonds is 7. The summed E-state index contributed by atoms with van der Waals surface area (Å²) in [4.78, 5) is 36.4. The van der Waals surface area contributed by atoms with Crippen LogP contribution in [0.4, 0.5) is 17.1 Å². The molecule has 10 nitrogen and oxygen atoms in total. The average Bonchev–Trinajstić information content (AvgIpc) is 2.79. The lowest BCUT2D eigenvalue weighted by Crippen LogP contribution is -2.15. The lowest BCUT2D eigenvalue weighted by Gasteiger charge is -2.15. The van der Waals surface area contributed by atoms with Crippen molar-refractivity contribution in [3.63, 3.8) is 0 Å². The summed E-state index contributed by atoms with van der Waals surface area (Å²) in [6, 6.07) is 12.9. The van der Waals surface area contributed by atoms with Crippen molar-refractivity contribution in [2.24, 2.45) is 0 Å². The van der Waals surface area contributed by atoms with Gasteiger partial charge < -0.3 is 36.1 Å². The van der Waals surface area contributed by atoms with Crippen molar-refractivity contribution in [1.29, 1.82) is 0 Å². The van der Waals surface area contributed by atoms with E-state index in [1.54, 1.807) is 24.3 Å². The van der Waals surface area contributed by atoms with E-state index in [9.17, 15) is 19.5 Å². The molecule has 0 aliphatic heterocycles. The number of phenolic OH excluding ortho intramolecular Hbond substituents is 1. The number of methoxy groups -OCH3 is 2. The van der Waals surface area contributed by atoms with Crippen LogP contribution in [0.5, 0.6) is 17.2 Å². The molecule has 0 saturated carbocycles. The van der Waals surface area contributed by atoms with E-state index < -0.39 is 23.5 Å². The minimum absolute atomic E-state index is 0.0180. The monoisotopic (exact) mass is 451 g/mol. The Bertz CT molecular complexity index is 1220. The normalized spacial score (nSPS) is 10.2.